The fourth-order valence-corrected chi connectivity index (χ4v) is 3.53. The minimum absolute atomic E-state index is 0.0549. The standard InChI is InChI=1S/C23H16F7N3O4/c24-13-6-7-18(16(11-13)21(8-10-35-21)22(25,26)27)36-19-17(5-2-9-31-19)33-20(34)32-14-3-1-4-15(12-14)37-23(28,29)30/h1-7,9,11-12H,8,10H2,(H2,32,33,34). The molecule has 2 amide bonds. The number of nitrogens with zero attached hydrogens (tertiary/aromatic N) is 1. The molecule has 1 saturated heterocycles. The van der Waals surface area contributed by atoms with Gasteiger partial charge in [0.25, 0.3) is 0 Å². The number of nitrogens with one attached hydrogen (secondary N) is 2. The third-order valence-corrected chi connectivity index (χ3v) is 5.19. The monoisotopic (exact) mass is 531 g/mol. The van der Waals surface area contributed by atoms with Crippen molar-refractivity contribution < 1.29 is 49.7 Å². The van der Waals surface area contributed by atoms with Crippen molar-refractivity contribution in [2.75, 3.05) is 17.2 Å². The van der Waals surface area contributed by atoms with Gasteiger partial charge in [0, 0.05) is 29.9 Å². The van der Waals surface area contributed by atoms with Gasteiger partial charge in [-0.05, 0) is 42.5 Å². The number of carbonyl (C=O) groups is 1. The van der Waals surface area contributed by atoms with Crippen LogP contribution in [0.25, 0.3) is 0 Å². The number of pyridine rings is 1. The number of amides is 2. The van der Waals surface area contributed by atoms with E-state index < -0.39 is 53.5 Å². The first-order valence-electron chi connectivity index (χ1n) is 10.4. The van der Waals surface area contributed by atoms with Gasteiger partial charge in [-0.2, -0.15) is 13.2 Å². The zero-order chi connectivity index (χ0) is 26.8. The average Bonchev–Trinajstić information content (AvgIpc) is 2.74. The summed E-state index contributed by atoms with van der Waals surface area (Å²) in [5.41, 5.74) is -3.53. The molecule has 0 saturated carbocycles. The van der Waals surface area contributed by atoms with Gasteiger partial charge in [0.2, 0.25) is 5.88 Å². The first-order chi connectivity index (χ1) is 17.4. The summed E-state index contributed by atoms with van der Waals surface area (Å²) in [4.78, 5) is 16.4. The Labute approximate surface area is 204 Å². The molecule has 14 heteroatoms. The van der Waals surface area contributed by atoms with Gasteiger partial charge in [-0.25, -0.2) is 14.2 Å². The highest BCUT2D eigenvalue weighted by atomic mass is 19.4. The van der Waals surface area contributed by atoms with Gasteiger partial charge >= 0.3 is 18.6 Å². The summed E-state index contributed by atoms with van der Waals surface area (Å²) in [5.74, 6) is -2.26. The summed E-state index contributed by atoms with van der Waals surface area (Å²) in [7, 11) is 0. The molecule has 196 valence electrons. The quantitative estimate of drug-likeness (QED) is 0.345. The van der Waals surface area contributed by atoms with E-state index in [0.717, 1.165) is 24.3 Å². The molecule has 1 unspecified atom stereocenters. The van der Waals surface area contributed by atoms with Crippen LogP contribution in [0.1, 0.15) is 12.0 Å². The van der Waals surface area contributed by atoms with Crippen LogP contribution in [0, 0.1) is 5.82 Å². The third-order valence-electron chi connectivity index (χ3n) is 5.19. The van der Waals surface area contributed by atoms with Crippen molar-refractivity contribution in [3.05, 3.63) is 72.2 Å². The molecule has 1 aliphatic rings. The molecule has 2 N–H and O–H groups in total. The SMILES string of the molecule is O=C(Nc1cccc(OC(F)(F)F)c1)Nc1cccnc1Oc1ccc(F)cc1C1(C(F)(F)F)CCO1. The number of halogens is 7. The number of aromatic nitrogens is 1. The molecular weight excluding hydrogens is 515 g/mol. The number of alkyl halides is 6. The van der Waals surface area contributed by atoms with Crippen LogP contribution < -0.4 is 20.1 Å². The maximum atomic E-state index is 13.9. The maximum absolute atomic E-state index is 13.9. The lowest BCUT2D eigenvalue weighted by atomic mass is 9.85. The largest absolute Gasteiger partial charge is 0.573 e. The van der Waals surface area contributed by atoms with E-state index in [4.69, 9.17) is 9.47 Å². The number of anilines is 2. The van der Waals surface area contributed by atoms with Crippen molar-refractivity contribution in [1.29, 1.82) is 0 Å². The van der Waals surface area contributed by atoms with Crippen LogP contribution in [0.3, 0.4) is 0 Å². The topological polar surface area (TPSA) is 81.7 Å². The van der Waals surface area contributed by atoms with Crippen molar-refractivity contribution >= 4 is 17.4 Å². The normalized spacial score (nSPS) is 17.5. The molecule has 2 aromatic carbocycles. The number of rotatable bonds is 6. The highest BCUT2D eigenvalue weighted by Gasteiger charge is 2.62. The zero-order valence-electron chi connectivity index (χ0n) is 18.4. The molecule has 1 fully saturated rings. The lowest BCUT2D eigenvalue weighted by Gasteiger charge is -2.43. The number of urea groups is 1. The Hall–Kier alpha value is -4.07. The Balaban J connectivity index is 1.55. The predicted octanol–water partition coefficient (Wildman–Crippen LogP) is 6.73. The second-order valence-electron chi connectivity index (χ2n) is 7.68. The van der Waals surface area contributed by atoms with E-state index in [9.17, 15) is 35.5 Å². The molecule has 37 heavy (non-hydrogen) atoms. The molecule has 4 rings (SSSR count). The van der Waals surface area contributed by atoms with Gasteiger partial charge in [0.05, 0.1) is 6.61 Å². The summed E-state index contributed by atoms with van der Waals surface area (Å²) >= 11 is 0. The van der Waals surface area contributed by atoms with Crippen LogP contribution in [-0.2, 0) is 10.3 Å². The highest BCUT2D eigenvalue weighted by Crippen LogP contribution is 2.53. The zero-order valence-corrected chi connectivity index (χ0v) is 18.4. The van der Waals surface area contributed by atoms with Crippen LogP contribution >= 0.6 is 0 Å². The molecule has 0 bridgehead atoms. The molecule has 0 spiro atoms. The Morgan fingerprint density at radius 3 is 2.41 bits per heavy atom. The van der Waals surface area contributed by atoms with Crippen LogP contribution in [0.4, 0.5) is 46.9 Å². The summed E-state index contributed by atoms with van der Waals surface area (Å²) in [5, 5.41) is 4.64. The number of hydrogen-bond acceptors (Lipinski definition) is 5. The number of benzene rings is 2. The molecule has 0 radical (unpaired) electrons. The minimum atomic E-state index is -4.93. The lowest BCUT2D eigenvalue weighted by molar-refractivity contribution is -0.333. The summed E-state index contributed by atoms with van der Waals surface area (Å²) in [6, 6.07) is 8.75. The van der Waals surface area contributed by atoms with E-state index in [1.807, 2.05) is 0 Å². The minimum Gasteiger partial charge on any atom is -0.437 e. The van der Waals surface area contributed by atoms with E-state index >= 15 is 0 Å². The second kappa shape index (κ2) is 9.76. The maximum Gasteiger partial charge on any atom is 0.573 e. The molecular formula is C23H16F7N3O4. The van der Waals surface area contributed by atoms with Crippen LogP contribution in [0.5, 0.6) is 17.4 Å². The van der Waals surface area contributed by atoms with Crippen LogP contribution in [-0.4, -0.2) is 30.2 Å². The predicted molar refractivity (Wildman–Crippen MR) is 115 cm³/mol. The molecule has 0 aliphatic carbocycles. The van der Waals surface area contributed by atoms with Crippen molar-refractivity contribution in [1.82, 2.24) is 4.98 Å². The van der Waals surface area contributed by atoms with Crippen molar-refractivity contribution in [3.8, 4) is 17.4 Å². The van der Waals surface area contributed by atoms with E-state index in [-0.39, 0.29) is 23.9 Å². The van der Waals surface area contributed by atoms with Gasteiger partial charge in [-0.1, -0.05) is 6.07 Å². The number of ether oxygens (including phenoxy) is 3. The Morgan fingerprint density at radius 2 is 1.76 bits per heavy atom. The molecule has 1 aliphatic heterocycles. The first kappa shape index (κ1) is 26.0. The third kappa shape index (κ3) is 5.85. The van der Waals surface area contributed by atoms with Crippen molar-refractivity contribution in [3.63, 3.8) is 0 Å². The molecule has 1 aromatic heterocycles. The average molecular weight is 531 g/mol. The van der Waals surface area contributed by atoms with Gasteiger partial charge in [0.15, 0.2) is 5.60 Å². The lowest BCUT2D eigenvalue weighted by Crippen LogP contribution is -2.52. The Bertz CT molecular complexity index is 1290. The van der Waals surface area contributed by atoms with Crippen LogP contribution in [0.2, 0.25) is 0 Å². The van der Waals surface area contributed by atoms with Crippen molar-refractivity contribution in [2.45, 2.75) is 24.6 Å². The van der Waals surface area contributed by atoms with Gasteiger partial charge in [-0.3, -0.25) is 0 Å². The number of carbonyl (C=O) groups excluding carboxylic acids is 1. The fourth-order valence-electron chi connectivity index (χ4n) is 3.53. The number of hydrogen-bond donors (Lipinski definition) is 2. The molecule has 7 nitrogen and oxygen atoms in total. The second-order valence-corrected chi connectivity index (χ2v) is 7.68. The van der Waals surface area contributed by atoms with Crippen molar-refractivity contribution in [2.24, 2.45) is 0 Å². The fraction of sp³-hybridized carbons (Fsp3) is 0.217. The van der Waals surface area contributed by atoms with Gasteiger partial charge in [-0.15, -0.1) is 13.2 Å². The molecule has 2 heterocycles. The Morgan fingerprint density at radius 1 is 1.00 bits per heavy atom. The van der Waals surface area contributed by atoms with E-state index in [1.165, 1.54) is 30.5 Å². The molecule has 3 aromatic rings. The van der Waals surface area contributed by atoms with E-state index in [1.54, 1.807) is 0 Å². The van der Waals surface area contributed by atoms with Gasteiger partial charge in [0.1, 0.15) is 23.0 Å². The highest BCUT2D eigenvalue weighted by molar-refractivity contribution is 6.00. The van der Waals surface area contributed by atoms with E-state index in [0.29, 0.717) is 6.07 Å². The Kier molecular flexibility index (Phi) is 6.86. The smallest absolute Gasteiger partial charge is 0.437 e. The molecule has 1 atom stereocenters. The van der Waals surface area contributed by atoms with Gasteiger partial charge < -0.3 is 24.8 Å². The van der Waals surface area contributed by atoms with Crippen LogP contribution in [0.15, 0.2) is 60.8 Å². The summed E-state index contributed by atoms with van der Waals surface area (Å²) in [6.07, 6.45) is -9.02. The first-order valence-corrected chi connectivity index (χ1v) is 10.4. The van der Waals surface area contributed by atoms with E-state index in [2.05, 4.69) is 20.4 Å². The summed E-state index contributed by atoms with van der Waals surface area (Å²) in [6.45, 7) is -0.193. The summed E-state index contributed by atoms with van der Waals surface area (Å²) < 4.78 is 107.